The maximum atomic E-state index is 12.8. The van der Waals surface area contributed by atoms with Crippen molar-refractivity contribution >= 4 is 40.0 Å². The van der Waals surface area contributed by atoms with Gasteiger partial charge in [-0.25, -0.2) is 4.79 Å². The molecule has 0 atom stereocenters. The number of aromatic nitrogens is 3. The van der Waals surface area contributed by atoms with E-state index < -0.39 is 5.97 Å². The normalized spacial score (nSPS) is 10.7. The highest BCUT2D eigenvalue weighted by molar-refractivity contribution is 7.99. The minimum absolute atomic E-state index is 0.0997. The van der Waals surface area contributed by atoms with Gasteiger partial charge in [0.2, 0.25) is 5.91 Å². The van der Waals surface area contributed by atoms with Gasteiger partial charge in [0.1, 0.15) is 16.3 Å². The Morgan fingerprint density at radius 1 is 1.09 bits per heavy atom. The maximum Gasteiger partial charge on any atom is 0.341 e. The molecule has 2 aromatic heterocycles. The molecule has 0 aliphatic heterocycles. The SMILES string of the molecule is COC(=O)c1c(-c2ccc(C)cc2)csc1NC(=O)CSc1nnc(-c2cccc(OC)c2)n1C. The second-order valence-corrected chi connectivity index (χ2v) is 9.47. The molecule has 2 aromatic carbocycles. The van der Waals surface area contributed by atoms with Crippen molar-refractivity contribution in [2.45, 2.75) is 12.1 Å². The molecule has 4 rings (SSSR count). The van der Waals surface area contributed by atoms with E-state index >= 15 is 0 Å². The first-order chi connectivity index (χ1) is 16.9. The fraction of sp³-hybridized carbons (Fsp3) is 0.200. The summed E-state index contributed by atoms with van der Waals surface area (Å²) in [4.78, 5) is 25.3. The Morgan fingerprint density at radius 2 is 1.86 bits per heavy atom. The molecule has 0 aliphatic carbocycles. The first-order valence-electron chi connectivity index (χ1n) is 10.6. The van der Waals surface area contributed by atoms with Crippen molar-refractivity contribution in [2.75, 3.05) is 25.3 Å². The predicted octanol–water partition coefficient (Wildman–Crippen LogP) is 5.05. The van der Waals surface area contributed by atoms with Gasteiger partial charge in [0.15, 0.2) is 11.0 Å². The van der Waals surface area contributed by atoms with Gasteiger partial charge in [0.05, 0.1) is 20.0 Å². The number of thioether (sulfide) groups is 1. The Kier molecular flexibility index (Phi) is 7.52. The third-order valence-electron chi connectivity index (χ3n) is 5.29. The highest BCUT2D eigenvalue weighted by Crippen LogP contribution is 2.36. The molecule has 2 heterocycles. The number of aryl methyl sites for hydroxylation is 1. The molecule has 0 saturated heterocycles. The number of esters is 1. The van der Waals surface area contributed by atoms with E-state index in [0.717, 1.165) is 28.0 Å². The van der Waals surface area contributed by atoms with Crippen molar-refractivity contribution in [1.29, 1.82) is 0 Å². The number of nitrogens with one attached hydrogen (secondary N) is 1. The molecular formula is C25H24N4O4S2. The van der Waals surface area contributed by atoms with Gasteiger partial charge >= 0.3 is 5.97 Å². The highest BCUT2D eigenvalue weighted by Gasteiger charge is 2.23. The number of hydrogen-bond acceptors (Lipinski definition) is 8. The summed E-state index contributed by atoms with van der Waals surface area (Å²) in [7, 11) is 4.78. The van der Waals surface area contributed by atoms with Crippen LogP contribution in [0.15, 0.2) is 59.1 Å². The number of carbonyl (C=O) groups is 2. The summed E-state index contributed by atoms with van der Waals surface area (Å²) in [5.74, 6) is 0.731. The number of carbonyl (C=O) groups excluding carboxylic acids is 2. The summed E-state index contributed by atoms with van der Waals surface area (Å²) in [5, 5.41) is 14.2. The van der Waals surface area contributed by atoms with Crippen LogP contribution in [-0.2, 0) is 16.6 Å². The van der Waals surface area contributed by atoms with E-state index in [4.69, 9.17) is 9.47 Å². The first-order valence-corrected chi connectivity index (χ1v) is 12.5. The van der Waals surface area contributed by atoms with Gasteiger partial charge in [-0.15, -0.1) is 21.5 Å². The van der Waals surface area contributed by atoms with E-state index in [-0.39, 0.29) is 11.7 Å². The van der Waals surface area contributed by atoms with E-state index in [1.54, 1.807) is 7.11 Å². The summed E-state index contributed by atoms with van der Waals surface area (Å²) < 4.78 is 12.1. The van der Waals surface area contributed by atoms with Crippen molar-refractivity contribution in [1.82, 2.24) is 14.8 Å². The quantitative estimate of drug-likeness (QED) is 0.263. The van der Waals surface area contributed by atoms with Crippen LogP contribution in [0.3, 0.4) is 0 Å². The number of benzene rings is 2. The van der Waals surface area contributed by atoms with Gasteiger partial charge < -0.3 is 19.4 Å². The number of nitrogens with zero attached hydrogens (tertiary/aromatic N) is 3. The maximum absolute atomic E-state index is 12.8. The summed E-state index contributed by atoms with van der Waals surface area (Å²) in [6.45, 7) is 2.00. The van der Waals surface area contributed by atoms with Gasteiger partial charge in [-0.2, -0.15) is 0 Å². The fourth-order valence-electron chi connectivity index (χ4n) is 3.45. The molecule has 180 valence electrons. The molecule has 0 bridgehead atoms. The summed E-state index contributed by atoms with van der Waals surface area (Å²) in [6.07, 6.45) is 0. The zero-order chi connectivity index (χ0) is 24.9. The van der Waals surface area contributed by atoms with Crippen molar-refractivity contribution in [3.63, 3.8) is 0 Å². The average molecular weight is 509 g/mol. The number of rotatable bonds is 8. The molecule has 10 heteroatoms. The van der Waals surface area contributed by atoms with Crippen molar-refractivity contribution in [3.8, 4) is 28.3 Å². The molecule has 8 nitrogen and oxygen atoms in total. The lowest BCUT2D eigenvalue weighted by Gasteiger charge is -2.08. The van der Waals surface area contributed by atoms with Gasteiger partial charge in [-0.3, -0.25) is 4.79 Å². The molecule has 0 aliphatic rings. The lowest BCUT2D eigenvalue weighted by molar-refractivity contribution is -0.113. The Balaban J connectivity index is 1.48. The monoisotopic (exact) mass is 508 g/mol. The Morgan fingerprint density at radius 3 is 2.57 bits per heavy atom. The van der Waals surface area contributed by atoms with Crippen molar-refractivity contribution in [3.05, 3.63) is 65.0 Å². The van der Waals surface area contributed by atoms with Gasteiger partial charge in [-0.1, -0.05) is 53.7 Å². The van der Waals surface area contributed by atoms with Crippen LogP contribution < -0.4 is 10.1 Å². The van der Waals surface area contributed by atoms with Crippen LogP contribution in [-0.4, -0.2) is 46.6 Å². The van der Waals surface area contributed by atoms with Crippen molar-refractivity contribution in [2.24, 2.45) is 7.05 Å². The molecule has 0 unspecified atom stereocenters. The van der Waals surface area contributed by atoms with E-state index in [9.17, 15) is 9.59 Å². The molecular weight excluding hydrogens is 484 g/mol. The Labute approximate surface area is 211 Å². The molecule has 1 amide bonds. The standard InChI is InChI=1S/C25H24N4O4S2/c1-15-8-10-16(11-9-15)19-13-34-23(21(19)24(31)33-4)26-20(30)14-35-25-28-27-22(29(25)2)17-6-5-7-18(12-17)32-3/h5-13H,14H2,1-4H3,(H,26,30). The van der Waals surface area contributed by atoms with Gasteiger partial charge in [0.25, 0.3) is 0 Å². The molecule has 4 aromatic rings. The summed E-state index contributed by atoms with van der Waals surface area (Å²) in [5.41, 5.74) is 3.93. The van der Waals surface area contributed by atoms with E-state index in [2.05, 4.69) is 15.5 Å². The van der Waals surface area contributed by atoms with Crippen molar-refractivity contribution < 1.29 is 19.1 Å². The number of ether oxygens (including phenoxy) is 2. The fourth-order valence-corrected chi connectivity index (χ4v) is 5.13. The lowest BCUT2D eigenvalue weighted by Crippen LogP contribution is -2.16. The van der Waals surface area contributed by atoms with E-state index in [1.807, 2.05) is 72.4 Å². The minimum atomic E-state index is -0.499. The van der Waals surface area contributed by atoms with Crippen LogP contribution in [0.4, 0.5) is 5.00 Å². The summed E-state index contributed by atoms with van der Waals surface area (Å²) in [6, 6.07) is 15.4. The Hall–Kier alpha value is -3.63. The summed E-state index contributed by atoms with van der Waals surface area (Å²) >= 11 is 2.55. The number of amides is 1. The molecule has 0 spiro atoms. The second kappa shape index (κ2) is 10.7. The number of methoxy groups -OCH3 is 2. The molecule has 0 fully saturated rings. The van der Waals surface area contributed by atoms with E-state index in [1.165, 1.54) is 30.2 Å². The van der Waals surface area contributed by atoms with Crippen LogP contribution in [0, 0.1) is 6.92 Å². The largest absolute Gasteiger partial charge is 0.497 e. The topological polar surface area (TPSA) is 95.3 Å². The van der Waals surface area contributed by atoms with Crippen LogP contribution >= 0.6 is 23.1 Å². The van der Waals surface area contributed by atoms with Crippen LogP contribution in [0.25, 0.3) is 22.5 Å². The third-order valence-corrected chi connectivity index (χ3v) is 7.21. The van der Waals surface area contributed by atoms with Gasteiger partial charge in [-0.05, 0) is 24.6 Å². The third kappa shape index (κ3) is 5.39. The first kappa shape index (κ1) is 24.5. The lowest BCUT2D eigenvalue weighted by atomic mass is 10.0. The van der Waals surface area contributed by atoms with Gasteiger partial charge in [0, 0.05) is 23.6 Å². The predicted molar refractivity (Wildman–Crippen MR) is 138 cm³/mol. The number of hydrogen-bond donors (Lipinski definition) is 1. The minimum Gasteiger partial charge on any atom is -0.497 e. The van der Waals surface area contributed by atoms with Crippen LogP contribution in [0.1, 0.15) is 15.9 Å². The van der Waals surface area contributed by atoms with Crippen LogP contribution in [0.5, 0.6) is 5.75 Å². The zero-order valence-electron chi connectivity index (χ0n) is 19.7. The molecule has 0 saturated carbocycles. The number of thiophene rings is 1. The molecule has 0 radical (unpaired) electrons. The zero-order valence-corrected chi connectivity index (χ0v) is 21.3. The average Bonchev–Trinajstić information content (AvgIpc) is 3.46. The van der Waals surface area contributed by atoms with E-state index in [0.29, 0.717) is 21.5 Å². The Bertz CT molecular complexity index is 1360. The molecule has 1 N–H and O–H groups in total. The highest BCUT2D eigenvalue weighted by atomic mass is 32.2. The second-order valence-electron chi connectivity index (χ2n) is 7.65. The number of anilines is 1. The van der Waals surface area contributed by atoms with Crippen LogP contribution in [0.2, 0.25) is 0 Å². The smallest absolute Gasteiger partial charge is 0.341 e. The molecule has 35 heavy (non-hydrogen) atoms.